The smallest absolute Gasteiger partial charge is 0.231 e. The molecule has 1 aromatic carbocycles. The van der Waals surface area contributed by atoms with Gasteiger partial charge < -0.3 is 10.1 Å². The van der Waals surface area contributed by atoms with Gasteiger partial charge in [-0.05, 0) is 37.8 Å². The molecule has 0 aliphatic heterocycles. The summed E-state index contributed by atoms with van der Waals surface area (Å²) < 4.78 is 7.32. The molecular formula is C20H23N5O2S. The zero-order valence-electron chi connectivity index (χ0n) is 16.0. The maximum absolute atomic E-state index is 12.4. The van der Waals surface area contributed by atoms with E-state index in [0.717, 1.165) is 18.4 Å². The molecule has 1 saturated carbocycles. The standard InChI is InChI=1S/C20H23N5O2S/c1-4-11-25-18(15-7-5-6-8-16(15)27-3)23-24-19(25)28-12-17(26)22-20(2,13-21)14-9-10-14/h4-8,14H,1,9-12H2,2-3H3,(H,22,26)/t20-/m1/s1. The third kappa shape index (κ3) is 4.20. The number of benzene rings is 1. The summed E-state index contributed by atoms with van der Waals surface area (Å²) in [6.07, 6.45) is 3.72. The third-order valence-electron chi connectivity index (χ3n) is 4.73. The first-order valence-corrected chi connectivity index (χ1v) is 10.0. The maximum atomic E-state index is 12.4. The van der Waals surface area contributed by atoms with Gasteiger partial charge in [0, 0.05) is 6.54 Å². The van der Waals surface area contributed by atoms with Crippen LogP contribution < -0.4 is 10.1 Å². The normalized spacial score (nSPS) is 15.3. The van der Waals surface area contributed by atoms with Gasteiger partial charge in [-0.15, -0.1) is 16.8 Å². The summed E-state index contributed by atoms with van der Waals surface area (Å²) in [5.41, 5.74) is 0.0241. The van der Waals surface area contributed by atoms with Crippen molar-refractivity contribution in [3.8, 4) is 23.2 Å². The van der Waals surface area contributed by atoms with Crippen molar-refractivity contribution in [2.75, 3.05) is 12.9 Å². The van der Waals surface area contributed by atoms with Gasteiger partial charge >= 0.3 is 0 Å². The lowest BCUT2D eigenvalue weighted by atomic mass is 9.98. The first-order chi connectivity index (χ1) is 13.5. The molecular weight excluding hydrogens is 374 g/mol. The van der Waals surface area contributed by atoms with E-state index in [-0.39, 0.29) is 17.6 Å². The van der Waals surface area contributed by atoms with Crippen LogP contribution in [0.25, 0.3) is 11.4 Å². The number of methoxy groups -OCH3 is 1. The summed E-state index contributed by atoms with van der Waals surface area (Å²) in [6.45, 7) is 6.09. The summed E-state index contributed by atoms with van der Waals surface area (Å²) in [6, 6.07) is 9.82. The van der Waals surface area contributed by atoms with Gasteiger partial charge in [-0.25, -0.2) is 0 Å². The number of rotatable bonds is 9. The van der Waals surface area contributed by atoms with Crippen molar-refractivity contribution in [1.82, 2.24) is 20.1 Å². The van der Waals surface area contributed by atoms with E-state index in [2.05, 4.69) is 28.2 Å². The minimum atomic E-state index is -0.797. The predicted molar refractivity (Wildman–Crippen MR) is 108 cm³/mol. The summed E-state index contributed by atoms with van der Waals surface area (Å²) in [7, 11) is 1.61. The van der Waals surface area contributed by atoms with Crippen LogP contribution in [0.1, 0.15) is 19.8 Å². The minimum absolute atomic E-state index is 0.158. The van der Waals surface area contributed by atoms with Crippen molar-refractivity contribution >= 4 is 17.7 Å². The Morgan fingerprint density at radius 2 is 2.25 bits per heavy atom. The number of thioether (sulfide) groups is 1. The average Bonchev–Trinajstić information content (AvgIpc) is 3.49. The Balaban J connectivity index is 1.76. The topological polar surface area (TPSA) is 92.8 Å². The number of aromatic nitrogens is 3. The minimum Gasteiger partial charge on any atom is -0.496 e. The fraction of sp³-hybridized carbons (Fsp3) is 0.400. The number of hydrogen-bond donors (Lipinski definition) is 1. The van der Waals surface area contributed by atoms with Gasteiger partial charge in [0.25, 0.3) is 0 Å². The number of hydrogen-bond acceptors (Lipinski definition) is 6. The number of nitrogens with zero attached hydrogens (tertiary/aromatic N) is 4. The molecule has 7 nitrogen and oxygen atoms in total. The molecule has 146 valence electrons. The summed E-state index contributed by atoms with van der Waals surface area (Å²) in [4.78, 5) is 12.4. The first kappa shape index (κ1) is 20.0. The van der Waals surface area contributed by atoms with Crippen LogP contribution in [0.5, 0.6) is 5.75 Å². The van der Waals surface area contributed by atoms with Gasteiger partial charge in [0.15, 0.2) is 11.0 Å². The van der Waals surface area contributed by atoms with E-state index in [9.17, 15) is 10.1 Å². The van der Waals surface area contributed by atoms with Crippen LogP contribution in [0, 0.1) is 17.2 Å². The molecule has 28 heavy (non-hydrogen) atoms. The lowest BCUT2D eigenvalue weighted by Crippen LogP contribution is -2.47. The predicted octanol–water partition coefficient (Wildman–Crippen LogP) is 3.04. The van der Waals surface area contributed by atoms with E-state index < -0.39 is 5.54 Å². The van der Waals surface area contributed by atoms with Crippen molar-refractivity contribution in [3.05, 3.63) is 36.9 Å². The van der Waals surface area contributed by atoms with Crippen molar-refractivity contribution in [2.45, 2.75) is 37.0 Å². The highest BCUT2D eigenvalue weighted by molar-refractivity contribution is 7.99. The van der Waals surface area contributed by atoms with Gasteiger partial charge in [0.2, 0.25) is 5.91 Å². The van der Waals surface area contributed by atoms with Crippen LogP contribution in [0.2, 0.25) is 0 Å². The highest BCUT2D eigenvalue weighted by atomic mass is 32.2. The fourth-order valence-corrected chi connectivity index (χ4v) is 3.80. The molecule has 0 bridgehead atoms. The van der Waals surface area contributed by atoms with Gasteiger partial charge in [-0.1, -0.05) is 30.0 Å². The van der Waals surface area contributed by atoms with E-state index in [1.54, 1.807) is 20.1 Å². The third-order valence-corrected chi connectivity index (χ3v) is 5.70. The SMILES string of the molecule is C=CCn1c(SCC(=O)N[C@](C)(C#N)C2CC2)nnc1-c1ccccc1OC. The molecule has 0 saturated heterocycles. The highest BCUT2D eigenvalue weighted by Crippen LogP contribution is 2.39. The number of amides is 1. The number of allylic oxidation sites excluding steroid dienone is 1. The van der Waals surface area contributed by atoms with Crippen LogP contribution in [-0.2, 0) is 11.3 Å². The molecule has 1 aromatic heterocycles. The Morgan fingerprint density at radius 3 is 2.89 bits per heavy atom. The molecule has 1 aliphatic carbocycles. The van der Waals surface area contributed by atoms with Crippen molar-refractivity contribution in [1.29, 1.82) is 5.26 Å². The summed E-state index contributed by atoms with van der Waals surface area (Å²) in [5.74, 6) is 1.57. The van der Waals surface area contributed by atoms with E-state index in [1.807, 2.05) is 28.8 Å². The summed E-state index contributed by atoms with van der Waals surface area (Å²) >= 11 is 1.29. The van der Waals surface area contributed by atoms with E-state index in [0.29, 0.717) is 23.3 Å². The molecule has 0 spiro atoms. The largest absolute Gasteiger partial charge is 0.496 e. The second kappa shape index (κ2) is 8.48. The second-order valence-electron chi connectivity index (χ2n) is 6.83. The first-order valence-electron chi connectivity index (χ1n) is 9.05. The summed E-state index contributed by atoms with van der Waals surface area (Å²) in [5, 5.41) is 21.4. The quantitative estimate of drug-likeness (QED) is 0.516. The molecule has 2 aromatic rings. The lowest BCUT2D eigenvalue weighted by molar-refractivity contribution is -0.119. The number of para-hydroxylation sites is 1. The van der Waals surface area contributed by atoms with Crippen LogP contribution in [-0.4, -0.2) is 39.1 Å². The van der Waals surface area contributed by atoms with Crippen LogP contribution in [0.3, 0.4) is 0 Å². The van der Waals surface area contributed by atoms with Crippen molar-refractivity contribution in [3.63, 3.8) is 0 Å². The van der Waals surface area contributed by atoms with Gasteiger partial charge in [0.05, 0.1) is 24.5 Å². The Morgan fingerprint density at radius 1 is 1.50 bits per heavy atom. The highest BCUT2D eigenvalue weighted by Gasteiger charge is 2.43. The maximum Gasteiger partial charge on any atom is 0.231 e. The molecule has 1 heterocycles. The molecule has 1 fully saturated rings. The molecule has 1 N–H and O–H groups in total. The monoisotopic (exact) mass is 397 g/mol. The molecule has 0 unspecified atom stereocenters. The molecule has 1 atom stereocenters. The number of carbonyl (C=O) groups is 1. The van der Waals surface area contributed by atoms with Gasteiger partial charge in [-0.2, -0.15) is 5.26 Å². The van der Waals surface area contributed by atoms with Crippen molar-refractivity contribution < 1.29 is 9.53 Å². The van der Waals surface area contributed by atoms with Crippen LogP contribution in [0.15, 0.2) is 42.1 Å². The number of nitriles is 1. The van der Waals surface area contributed by atoms with Gasteiger partial charge in [0.1, 0.15) is 11.3 Å². The fourth-order valence-electron chi connectivity index (χ4n) is 3.06. The molecule has 3 rings (SSSR count). The Hall–Kier alpha value is -2.79. The lowest BCUT2D eigenvalue weighted by Gasteiger charge is -2.22. The van der Waals surface area contributed by atoms with Gasteiger partial charge in [-0.3, -0.25) is 9.36 Å². The van der Waals surface area contributed by atoms with E-state index >= 15 is 0 Å². The molecule has 1 aliphatic rings. The van der Waals surface area contributed by atoms with E-state index in [4.69, 9.17) is 4.74 Å². The zero-order valence-corrected chi connectivity index (χ0v) is 16.8. The van der Waals surface area contributed by atoms with Crippen LogP contribution in [0.4, 0.5) is 0 Å². The Kier molecular flexibility index (Phi) is 6.05. The second-order valence-corrected chi connectivity index (χ2v) is 7.77. The molecule has 8 heteroatoms. The van der Waals surface area contributed by atoms with Crippen molar-refractivity contribution in [2.24, 2.45) is 5.92 Å². The Bertz CT molecular complexity index is 916. The molecule has 0 radical (unpaired) electrons. The molecule has 1 amide bonds. The number of carbonyl (C=O) groups excluding carboxylic acids is 1. The number of ether oxygens (including phenoxy) is 1. The Labute approximate surface area is 168 Å². The average molecular weight is 398 g/mol. The van der Waals surface area contributed by atoms with E-state index in [1.165, 1.54) is 11.8 Å². The number of nitrogens with one attached hydrogen (secondary N) is 1. The van der Waals surface area contributed by atoms with Crippen LogP contribution >= 0.6 is 11.8 Å². The zero-order chi connectivity index (χ0) is 20.1.